The van der Waals surface area contributed by atoms with Gasteiger partial charge in [0.05, 0.1) is 7.11 Å². The van der Waals surface area contributed by atoms with Crippen LogP contribution in [0.15, 0.2) is 0 Å². The fraction of sp³-hybridized carbons (Fsp3) is 0.727. The Hall–Kier alpha value is -0.970. The van der Waals surface area contributed by atoms with E-state index in [4.69, 9.17) is 0 Å². The van der Waals surface area contributed by atoms with Crippen molar-refractivity contribution in [1.82, 2.24) is 0 Å². The highest BCUT2D eigenvalue weighted by Crippen LogP contribution is 1.88. The average molecular weight is 186 g/mol. The normalized spacial score (nSPS) is 6.46. The van der Waals surface area contributed by atoms with Gasteiger partial charge in [0.15, 0.2) is 0 Å². The smallest absolute Gasteiger partial charge is 0.383 e. The van der Waals surface area contributed by atoms with E-state index in [0.29, 0.717) is 0 Å². The van der Waals surface area contributed by atoms with Crippen LogP contribution in [-0.4, -0.2) is 13.1 Å². The van der Waals surface area contributed by atoms with E-state index in [0.717, 1.165) is 0 Å². The fourth-order valence-corrected chi connectivity index (χ4v) is 0.412. The number of methoxy groups -OCH3 is 1. The lowest BCUT2D eigenvalue weighted by Gasteiger charge is -1.80. The van der Waals surface area contributed by atoms with Crippen molar-refractivity contribution in [2.75, 3.05) is 7.11 Å². The number of rotatable bonds is 2. The second kappa shape index (κ2) is 22.5. The van der Waals surface area contributed by atoms with Gasteiger partial charge < -0.3 is 4.74 Å². The predicted molar refractivity (Wildman–Crippen MR) is 57.4 cm³/mol. The summed E-state index contributed by atoms with van der Waals surface area (Å²) in [4.78, 5) is 9.72. The van der Waals surface area contributed by atoms with Crippen LogP contribution in [0, 0.1) is 12.3 Å². The first-order chi connectivity index (χ1) is 6.22. The molecular formula is C11H22O2. The summed E-state index contributed by atoms with van der Waals surface area (Å²) < 4.78 is 4.02. The van der Waals surface area contributed by atoms with Crippen LogP contribution in [0.5, 0.6) is 0 Å². The van der Waals surface area contributed by atoms with E-state index in [9.17, 15) is 4.79 Å². The zero-order valence-electron chi connectivity index (χ0n) is 9.52. The Bertz CT molecular complexity index is 121. The molecule has 2 heteroatoms. The largest absolute Gasteiger partial charge is 0.459 e. The molecular weight excluding hydrogens is 164 g/mol. The third-order valence-electron chi connectivity index (χ3n) is 1.01. The molecule has 78 valence electrons. The average Bonchev–Trinajstić information content (AvgIpc) is 2.22. The van der Waals surface area contributed by atoms with Gasteiger partial charge in [0.25, 0.3) is 0 Å². The highest BCUT2D eigenvalue weighted by atomic mass is 16.5. The number of carbonyl (C=O) groups is 1. The lowest BCUT2D eigenvalue weighted by atomic mass is 10.3. The van der Waals surface area contributed by atoms with E-state index in [2.05, 4.69) is 25.0 Å². The standard InChI is InChI=1S/C5H12.C4H4O2.C2H6/c1-3-5-4-2;1-3-4(5)6-2;1-2/h3-5H2,1-2H3;1H,2H3;1-2H3. The molecule has 0 saturated heterocycles. The third-order valence-corrected chi connectivity index (χ3v) is 1.01. The Labute approximate surface area is 82.7 Å². The lowest BCUT2D eigenvalue weighted by molar-refractivity contribution is -0.133. The van der Waals surface area contributed by atoms with Crippen LogP contribution in [0.25, 0.3) is 0 Å². The molecule has 0 atom stereocenters. The van der Waals surface area contributed by atoms with Crippen LogP contribution in [0.4, 0.5) is 0 Å². The topological polar surface area (TPSA) is 26.3 Å². The summed E-state index contributed by atoms with van der Waals surface area (Å²) in [5.74, 6) is 1.12. The van der Waals surface area contributed by atoms with Gasteiger partial charge in [0.2, 0.25) is 0 Å². The molecule has 0 bridgehead atoms. The molecule has 0 aliphatic carbocycles. The molecule has 0 aromatic rings. The Morgan fingerprint density at radius 3 is 1.69 bits per heavy atom. The zero-order valence-corrected chi connectivity index (χ0v) is 9.52. The molecule has 0 spiro atoms. The molecule has 0 rings (SSSR count). The van der Waals surface area contributed by atoms with E-state index in [1.165, 1.54) is 26.4 Å². The molecule has 0 heterocycles. The molecule has 0 amide bonds. The second-order valence-corrected chi connectivity index (χ2v) is 1.99. The zero-order chi connectivity index (χ0) is 11.1. The summed E-state index contributed by atoms with van der Waals surface area (Å²) in [6, 6.07) is 0. The molecule has 0 saturated carbocycles. The van der Waals surface area contributed by atoms with E-state index >= 15 is 0 Å². The number of esters is 1. The van der Waals surface area contributed by atoms with Crippen LogP contribution in [-0.2, 0) is 9.53 Å². The van der Waals surface area contributed by atoms with Crippen LogP contribution < -0.4 is 0 Å². The molecule has 0 unspecified atom stereocenters. The minimum absolute atomic E-state index is 0.630. The molecule has 2 nitrogen and oxygen atoms in total. The first-order valence-corrected chi connectivity index (χ1v) is 4.77. The van der Waals surface area contributed by atoms with Crippen LogP contribution in [0.2, 0.25) is 0 Å². The molecule has 0 aliphatic heterocycles. The van der Waals surface area contributed by atoms with Gasteiger partial charge >= 0.3 is 5.97 Å². The number of carbonyl (C=O) groups excluding carboxylic acids is 1. The fourth-order valence-electron chi connectivity index (χ4n) is 0.412. The van der Waals surface area contributed by atoms with Crippen LogP contribution >= 0.6 is 0 Å². The van der Waals surface area contributed by atoms with Crippen molar-refractivity contribution in [2.45, 2.75) is 47.0 Å². The summed E-state index contributed by atoms with van der Waals surface area (Å²) in [5, 5.41) is 0. The van der Waals surface area contributed by atoms with Gasteiger partial charge in [-0.3, -0.25) is 0 Å². The van der Waals surface area contributed by atoms with E-state index in [1.807, 2.05) is 13.8 Å². The maximum atomic E-state index is 9.72. The molecule has 0 fully saturated rings. The van der Waals surface area contributed by atoms with Gasteiger partial charge in [-0.1, -0.05) is 47.0 Å². The summed E-state index contributed by atoms with van der Waals surface area (Å²) in [5.41, 5.74) is 0. The second-order valence-electron chi connectivity index (χ2n) is 1.99. The third kappa shape index (κ3) is 35.5. The van der Waals surface area contributed by atoms with Crippen molar-refractivity contribution < 1.29 is 9.53 Å². The summed E-state index contributed by atoms with van der Waals surface area (Å²) >= 11 is 0. The minimum atomic E-state index is -0.630. The van der Waals surface area contributed by atoms with Gasteiger partial charge in [-0.2, -0.15) is 0 Å². The highest BCUT2D eigenvalue weighted by molar-refractivity contribution is 5.87. The molecule has 0 N–H and O–H groups in total. The number of ether oxygens (including phenoxy) is 1. The highest BCUT2D eigenvalue weighted by Gasteiger charge is 1.82. The predicted octanol–water partition coefficient (Wildman–Crippen LogP) is 3.02. The quantitative estimate of drug-likeness (QED) is 0.376. The maximum absolute atomic E-state index is 9.72. The Balaban J connectivity index is -0.000000131. The summed E-state index contributed by atoms with van der Waals surface area (Å²) in [6.45, 7) is 8.42. The van der Waals surface area contributed by atoms with Crippen molar-refractivity contribution in [3.8, 4) is 12.3 Å². The Kier molecular flexibility index (Phi) is 31.0. The maximum Gasteiger partial charge on any atom is 0.383 e. The van der Waals surface area contributed by atoms with Crippen molar-refractivity contribution in [2.24, 2.45) is 0 Å². The lowest BCUT2D eigenvalue weighted by Crippen LogP contribution is -1.92. The van der Waals surface area contributed by atoms with Gasteiger partial charge in [-0.15, -0.1) is 6.42 Å². The molecule has 0 aromatic heterocycles. The molecule has 13 heavy (non-hydrogen) atoms. The molecule has 0 aliphatic rings. The summed E-state index contributed by atoms with van der Waals surface area (Å²) in [7, 11) is 1.24. The van der Waals surface area contributed by atoms with E-state index in [-0.39, 0.29) is 0 Å². The number of terminal acetylenes is 1. The van der Waals surface area contributed by atoms with E-state index < -0.39 is 5.97 Å². The Morgan fingerprint density at radius 2 is 1.69 bits per heavy atom. The summed E-state index contributed by atoms with van der Waals surface area (Å²) in [6.07, 6.45) is 8.63. The molecule has 0 aromatic carbocycles. The van der Waals surface area contributed by atoms with Crippen molar-refractivity contribution in [3.63, 3.8) is 0 Å². The van der Waals surface area contributed by atoms with Crippen molar-refractivity contribution in [3.05, 3.63) is 0 Å². The van der Waals surface area contributed by atoms with Gasteiger partial charge in [0.1, 0.15) is 0 Å². The van der Waals surface area contributed by atoms with E-state index in [1.54, 1.807) is 5.92 Å². The Morgan fingerprint density at radius 1 is 1.31 bits per heavy atom. The number of hydrogen-bond acceptors (Lipinski definition) is 2. The minimum Gasteiger partial charge on any atom is -0.459 e. The van der Waals surface area contributed by atoms with Crippen LogP contribution in [0.3, 0.4) is 0 Å². The number of hydrogen-bond donors (Lipinski definition) is 0. The van der Waals surface area contributed by atoms with Crippen molar-refractivity contribution >= 4 is 5.97 Å². The van der Waals surface area contributed by atoms with Crippen molar-refractivity contribution in [1.29, 1.82) is 0 Å². The van der Waals surface area contributed by atoms with Gasteiger partial charge in [-0.25, -0.2) is 4.79 Å². The monoisotopic (exact) mass is 186 g/mol. The van der Waals surface area contributed by atoms with Gasteiger partial charge in [0, 0.05) is 5.92 Å². The molecule has 0 radical (unpaired) electrons. The van der Waals surface area contributed by atoms with Gasteiger partial charge in [-0.05, 0) is 0 Å². The first kappa shape index (κ1) is 17.9. The van der Waals surface area contributed by atoms with Crippen LogP contribution in [0.1, 0.15) is 47.0 Å². The first-order valence-electron chi connectivity index (χ1n) is 4.77. The number of unbranched alkanes of at least 4 members (excludes halogenated alkanes) is 2. The SMILES string of the molecule is C#CC(=O)OC.CC.CCCCC.